The number of fused-ring (bicyclic) bond motifs is 1. The van der Waals surface area contributed by atoms with Gasteiger partial charge in [-0.1, -0.05) is 0 Å². The zero-order valence-electron chi connectivity index (χ0n) is 15.6. The number of hydrogen-bond acceptors (Lipinski definition) is 4. The van der Waals surface area contributed by atoms with E-state index in [9.17, 15) is 14.4 Å². The average molecular weight is 362 g/mol. The summed E-state index contributed by atoms with van der Waals surface area (Å²) in [5.41, 5.74) is 1.73. The van der Waals surface area contributed by atoms with E-state index >= 15 is 0 Å². The van der Waals surface area contributed by atoms with Crippen LogP contribution < -0.4 is 5.32 Å². The second-order valence-corrected chi connectivity index (χ2v) is 7.00. The molecule has 9 heteroatoms. The maximum Gasteiger partial charge on any atom is 0.319 e. The van der Waals surface area contributed by atoms with Crippen molar-refractivity contribution in [2.24, 2.45) is 5.92 Å². The molecular weight excluding hydrogens is 336 g/mol. The van der Waals surface area contributed by atoms with Gasteiger partial charge in [0.15, 0.2) is 0 Å². The van der Waals surface area contributed by atoms with E-state index in [2.05, 4.69) is 10.4 Å². The fraction of sp³-hybridized carbons (Fsp3) is 0.647. The van der Waals surface area contributed by atoms with Gasteiger partial charge in [0.2, 0.25) is 11.8 Å². The van der Waals surface area contributed by atoms with Gasteiger partial charge in [0.1, 0.15) is 0 Å². The number of nitrogens with one attached hydrogen (secondary N) is 1. The van der Waals surface area contributed by atoms with Crippen LogP contribution in [0.3, 0.4) is 0 Å². The van der Waals surface area contributed by atoms with E-state index in [1.54, 1.807) is 28.8 Å². The number of carbonyl (C=O) groups excluding carboxylic acids is 3. The van der Waals surface area contributed by atoms with Gasteiger partial charge in [-0.05, 0) is 13.0 Å². The molecule has 2 aliphatic rings. The highest BCUT2D eigenvalue weighted by Gasteiger charge is 2.33. The molecule has 0 radical (unpaired) electrons. The molecule has 4 amide bonds. The topological polar surface area (TPSA) is 90.8 Å². The Morgan fingerprint density at radius 1 is 1.35 bits per heavy atom. The summed E-state index contributed by atoms with van der Waals surface area (Å²) < 4.78 is 1.89. The van der Waals surface area contributed by atoms with Crippen molar-refractivity contribution < 1.29 is 14.4 Å². The van der Waals surface area contributed by atoms with Crippen LogP contribution in [0.15, 0.2) is 6.07 Å². The van der Waals surface area contributed by atoms with Crippen LogP contribution in [0.2, 0.25) is 0 Å². The lowest BCUT2D eigenvalue weighted by Gasteiger charge is -2.29. The minimum atomic E-state index is -0.284. The Morgan fingerprint density at radius 2 is 2.12 bits per heavy atom. The Hall–Kier alpha value is -2.58. The first-order valence-corrected chi connectivity index (χ1v) is 8.96. The lowest BCUT2D eigenvalue weighted by atomic mass is 10.1. The van der Waals surface area contributed by atoms with Gasteiger partial charge in [0.05, 0.1) is 36.9 Å². The van der Waals surface area contributed by atoms with Crippen LogP contribution >= 0.6 is 0 Å². The molecular formula is C17H26N6O3. The van der Waals surface area contributed by atoms with Crippen molar-refractivity contribution >= 4 is 17.8 Å². The molecule has 1 saturated heterocycles. The number of rotatable bonds is 4. The van der Waals surface area contributed by atoms with Gasteiger partial charge in [-0.3, -0.25) is 14.3 Å². The summed E-state index contributed by atoms with van der Waals surface area (Å²) >= 11 is 0. The second kappa shape index (κ2) is 7.35. The SMILES string of the molecule is CCN1C[C@H](C(=O)NCc2cc3n(n2)CCN(C(=O)N(C)C)C3)CC1=O. The number of amides is 4. The Balaban J connectivity index is 1.55. The highest BCUT2D eigenvalue weighted by atomic mass is 16.2. The lowest BCUT2D eigenvalue weighted by Crippen LogP contribution is -2.43. The molecule has 0 aromatic carbocycles. The van der Waals surface area contributed by atoms with E-state index in [4.69, 9.17) is 0 Å². The maximum absolute atomic E-state index is 12.3. The fourth-order valence-corrected chi connectivity index (χ4v) is 3.43. The molecule has 0 bridgehead atoms. The Labute approximate surface area is 152 Å². The number of likely N-dealkylation sites (tertiary alicyclic amines) is 1. The van der Waals surface area contributed by atoms with Gasteiger partial charge in [0, 0.05) is 40.2 Å². The van der Waals surface area contributed by atoms with Crippen LogP contribution in [-0.4, -0.2) is 76.1 Å². The molecule has 0 spiro atoms. The van der Waals surface area contributed by atoms with E-state index in [0.29, 0.717) is 39.3 Å². The van der Waals surface area contributed by atoms with Crippen LogP contribution in [-0.2, 0) is 29.2 Å². The molecule has 0 aliphatic carbocycles. The van der Waals surface area contributed by atoms with Crippen molar-refractivity contribution in [3.63, 3.8) is 0 Å². The van der Waals surface area contributed by atoms with Crippen LogP contribution in [0.1, 0.15) is 24.7 Å². The molecule has 0 unspecified atom stereocenters. The monoisotopic (exact) mass is 362 g/mol. The number of nitrogens with zero attached hydrogens (tertiary/aromatic N) is 5. The first-order chi connectivity index (χ1) is 12.4. The third kappa shape index (κ3) is 3.66. The molecule has 26 heavy (non-hydrogen) atoms. The van der Waals surface area contributed by atoms with Gasteiger partial charge in [-0.25, -0.2) is 4.79 Å². The maximum atomic E-state index is 12.3. The predicted molar refractivity (Wildman–Crippen MR) is 93.9 cm³/mol. The normalized spacial score (nSPS) is 19.5. The Morgan fingerprint density at radius 3 is 2.77 bits per heavy atom. The number of hydrogen-bond donors (Lipinski definition) is 1. The summed E-state index contributed by atoms with van der Waals surface area (Å²) in [5.74, 6) is -0.353. The van der Waals surface area contributed by atoms with E-state index in [0.717, 1.165) is 11.4 Å². The predicted octanol–water partition coefficient (Wildman–Crippen LogP) is -0.135. The fourth-order valence-electron chi connectivity index (χ4n) is 3.43. The van der Waals surface area contributed by atoms with Gasteiger partial charge in [-0.15, -0.1) is 0 Å². The molecule has 142 valence electrons. The third-order valence-electron chi connectivity index (χ3n) is 4.91. The van der Waals surface area contributed by atoms with Crippen molar-refractivity contribution in [2.75, 3.05) is 33.7 Å². The smallest absolute Gasteiger partial charge is 0.319 e. The molecule has 1 aromatic rings. The molecule has 1 fully saturated rings. The number of urea groups is 1. The largest absolute Gasteiger partial charge is 0.350 e. The highest BCUT2D eigenvalue weighted by Crippen LogP contribution is 2.18. The highest BCUT2D eigenvalue weighted by molar-refractivity contribution is 5.89. The molecule has 1 atom stereocenters. The molecule has 0 saturated carbocycles. The van der Waals surface area contributed by atoms with Gasteiger partial charge in [-0.2, -0.15) is 5.10 Å². The summed E-state index contributed by atoms with van der Waals surface area (Å²) in [6, 6.07) is 1.91. The van der Waals surface area contributed by atoms with Crippen LogP contribution in [0.4, 0.5) is 4.79 Å². The van der Waals surface area contributed by atoms with Gasteiger partial charge >= 0.3 is 6.03 Å². The van der Waals surface area contributed by atoms with Crippen molar-refractivity contribution in [1.29, 1.82) is 0 Å². The van der Waals surface area contributed by atoms with Gasteiger partial charge < -0.3 is 20.0 Å². The van der Waals surface area contributed by atoms with E-state index in [1.165, 1.54) is 0 Å². The van der Waals surface area contributed by atoms with Crippen LogP contribution in [0.25, 0.3) is 0 Å². The van der Waals surface area contributed by atoms with Crippen LogP contribution in [0.5, 0.6) is 0 Å². The van der Waals surface area contributed by atoms with Gasteiger partial charge in [0.25, 0.3) is 0 Å². The summed E-state index contributed by atoms with van der Waals surface area (Å²) in [6.07, 6.45) is 0.279. The number of carbonyl (C=O) groups is 3. The molecule has 1 N–H and O–H groups in total. The molecule has 9 nitrogen and oxygen atoms in total. The lowest BCUT2D eigenvalue weighted by molar-refractivity contribution is -0.128. The summed E-state index contributed by atoms with van der Waals surface area (Å²) in [6.45, 7) is 5.15. The molecule has 3 rings (SSSR count). The minimum Gasteiger partial charge on any atom is -0.350 e. The average Bonchev–Trinajstić information content (AvgIpc) is 3.20. The quantitative estimate of drug-likeness (QED) is 0.807. The first kappa shape index (κ1) is 18.2. The van der Waals surface area contributed by atoms with E-state index < -0.39 is 0 Å². The molecule has 2 aliphatic heterocycles. The van der Waals surface area contributed by atoms with Crippen molar-refractivity contribution in [3.05, 3.63) is 17.5 Å². The van der Waals surface area contributed by atoms with Crippen molar-refractivity contribution in [2.45, 2.75) is 33.0 Å². The zero-order valence-corrected chi connectivity index (χ0v) is 15.6. The first-order valence-electron chi connectivity index (χ1n) is 8.96. The number of aromatic nitrogens is 2. The van der Waals surface area contributed by atoms with Crippen LogP contribution in [0, 0.1) is 5.92 Å². The summed E-state index contributed by atoms with van der Waals surface area (Å²) in [7, 11) is 3.48. The van der Waals surface area contributed by atoms with Crippen molar-refractivity contribution in [3.8, 4) is 0 Å². The standard InChI is InChI=1S/C17H26N6O3/c1-4-21-10-12(7-15(21)24)16(25)18-9-13-8-14-11-22(17(26)20(2)3)5-6-23(14)19-13/h8,12H,4-7,9-11H2,1-3H3,(H,18,25)/t12-/m1/s1. The third-order valence-corrected chi connectivity index (χ3v) is 4.91. The van der Waals surface area contributed by atoms with E-state index in [-0.39, 0.29) is 30.2 Å². The summed E-state index contributed by atoms with van der Waals surface area (Å²) in [4.78, 5) is 41.2. The Kier molecular flexibility index (Phi) is 5.15. The van der Waals surface area contributed by atoms with Crippen molar-refractivity contribution in [1.82, 2.24) is 29.8 Å². The molecule has 3 heterocycles. The molecule has 1 aromatic heterocycles. The summed E-state index contributed by atoms with van der Waals surface area (Å²) in [5, 5.41) is 7.39. The minimum absolute atomic E-state index is 0.0151. The van der Waals surface area contributed by atoms with E-state index in [1.807, 2.05) is 17.7 Å². The second-order valence-electron chi connectivity index (χ2n) is 7.00. The Bertz CT molecular complexity index is 713. The zero-order chi connectivity index (χ0) is 18.8.